The molecule has 1 saturated heterocycles. The number of hydrogen-bond acceptors (Lipinski definition) is 5. The summed E-state index contributed by atoms with van der Waals surface area (Å²) in [5.41, 5.74) is 1.11. The van der Waals surface area contributed by atoms with Gasteiger partial charge in [0.05, 0.1) is 30.4 Å². The fourth-order valence-corrected chi connectivity index (χ4v) is 3.23. The number of benzene rings is 1. The number of carbonyl (C=O) groups excluding carboxylic acids is 3. The number of fused-ring (bicyclic) bond motifs is 1. The molecule has 1 amide bonds. The summed E-state index contributed by atoms with van der Waals surface area (Å²) in [4.78, 5) is 39.7. The quantitative estimate of drug-likeness (QED) is 0.621. The van der Waals surface area contributed by atoms with Crippen LogP contribution in [0, 0.1) is 5.92 Å². The lowest BCUT2D eigenvalue weighted by atomic mass is 9.98. The van der Waals surface area contributed by atoms with Gasteiger partial charge in [0.25, 0.3) is 5.78 Å². The zero-order valence-corrected chi connectivity index (χ0v) is 13.2. The van der Waals surface area contributed by atoms with Gasteiger partial charge in [0, 0.05) is 6.54 Å². The Kier molecular flexibility index (Phi) is 4.43. The second-order valence-corrected chi connectivity index (χ2v) is 5.89. The standard InChI is InChI=1S/C17H20N2O4/c1-2-23-17(22)12-6-5-9-18(10-12)11-19-14-8-4-3-7-13(14)15(20)16(19)21/h3-4,7-8,12H,2,5-6,9-11H2,1H3/t12-/m1/s1. The zero-order chi connectivity index (χ0) is 16.4. The molecular formula is C17H20N2O4. The molecule has 1 aromatic carbocycles. The van der Waals surface area contributed by atoms with E-state index in [4.69, 9.17) is 4.74 Å². The lowest BCUT2D eigenvalue weighted by Gasteiger charge is -2.34. The summed E-state index contributed by atoms with van der Waals surface area (Å²) < 4.78 is 5.09. The molecule has 0 N–H and O–H groups in total. The van der Waals surface area contributed by atoms with Crippen LogP contribution in [0.1, 0.15) is 30.1 Å². The minimum Gasteiger partial charge on any atom is -0.466 e. The van der Waals surface area contributed by atoms with Crippen LogP contribution < -0.4 is 4.90 Å². The number of amides is 1. The third-order valence-corrected chi connectivity index (χ3v) is 4.35. The fourth-order valence-electron chi connectivity index (χ4n) is 3.23. The molecule has 0 aromatic heterocycles. The summed E-state index contributed by atoms with van der Waals surface area (Å²) in [6.07, 6.45) is 1.68. The average Bonchev–Trinajstić information content (AvgIpc) is 2.81. The van der Waals surface area contributed by atoms with E-state index in [9.17, 15) is 14.4 Å². The topological polar surface area (TPSA) is 66.9 Å². The van der Waals surface area contributed by atoms with Crippen molar-refractivity contribution in [3.8, 4) is 0 Å². The fraction of sp³-hybridized carbons (Fsp3) is 0.471. The molecule has 122 valence electrons. The Morgan fingerprint density at radius 3 is 2.87 bits per heavy atom. The first-order valence-corrected chi connectivity index (χ1v) is 7.96. The molecule has 23 heavy (non-hydrogen) atoms. The second-order valence-electron chi connectivity index (χ2n) is 5.89. The lowest BCUT2D eigenvalue weighted by Crippen LogP contribution is -2.46. The van der Waals surface area contributed by atoms with E-state index in [-0.39, 0.29) is 11.9 Å². The van der Waals surface area contributed by atoms with Crippen molar-refractivity contribution in [1.82, 2.24) is 4.90 Å². The van der Waals surface area contributed by atoms with Gasteiger partial charge in [0.2, 0.25) is 0 Å². The first-order valence-electron chi connectivity index (χ1n) is 7.96. The van der Waals surface area contributed by atoms with Crippen molar-refractivity contribution in [1.29, 1.82) is 0 Å². The minimum atomic E-state index is -0.496. The monoisotopic (exact) mass is 316 g/mol. The molecule has 6 nitrogen and oxygen atoms in total. The summed E-state index contributed by atoms with van der Waals surface area (Å²) in [6.45, 7) is 3.86. The normalized spacial score (nSPS) is 21.4. The molecule has 1 aromatic rings. The molecular weight excluding hydrogens is 296 g/mol. The minimum absolute atomic E-state index is 0.160. The molecule has 0 saturated carbocycles. The number of nitrogens with zero attached hydrogens (tertiary/aromatic N) is 2. The third-order valence-electron chi connectivity index (χ3n) is 4.35. The number of rotatable bonds is 4. The number of para-hydroxylation sites is 1. The predicted molar refractivity (Wildman–Crippen MR) is 84.1 cm³/mol. The van der Waals surface area contributed by atoms with Gasteiger partial charge < -0.3 is 4.74 Å². The van der Waals surface area contributed by atoms with E-state index in [0.29, 0.717) is 31.1 Å². The summed E-state index contributed by atoms with van der Waals surface area (Å²) in [5, 5.41) is 0. The molecule has 0 spiro atoms. The highest BCUT2D eigenvalue weighted by Gasteiger charge is 2.37. The van der Waals surface area contributed by atoms with Crippen LogP contribution in [0.5, 0.6) is 0 Å². The molecule has 2 aliphatic heterocycles. The van der Waals surface area contributed by atoms with Gasteiger partial charge in [-0.15, -0.1) is 0 Å². The van der Waals surface area contributed by atoms with Gasteiger partial charge in [-0.3, -0.25) is 24.2 Å². The van der Waals surface area contributed by atoms with Crippen molar-refractivity contribution < 1.29 is 19.1 Å². The highest BCUT2D eigenvalue weighted by molar-refractivity contribution is 6.52. The first kappa shape index (κ1) is 15.7. The van der Waals surface area contributed by atoms with E-state index >= 15 is 0 Å². The van der Waals surface area contributed by atoms with Crippen LogP contribution in [-0.2, 0) is 14.3 Å². The van der Waals surface area contributed by atoms with Crippen LogP contribution in [0.4, 0.5) is 5.69 Å². The predicted octanol–water partition coefficient (Wildman–Crippen LogP) is 1.45. The van der Waals surface area contributed by atoms with Crippen molar-refractivity contribution in [2.45, 2.75) is 19.8 Å². The molecule has 2 heterocycles. The van der Waals surface area contributed by atoms with Crippen LogP contribution in [0.2, 0.25) is 0 Å². The first-order chi connectivity index (χ1) is 11.1. The van der Waals surface area contributed by atoms with Gasteiger partial charge >= 0.3 is 11.9 Å². The van der Waals surface area contributed by atoms with Crippen LogP contribution in [0.3, 0.4) is 0 Å². The van der Waals surface area contributed by atoms with Gasteiger partial charge in [0.15, 0.2) is 0 Å². The Bertz CT molecular complexity index is 643. The Morgan fingerprint density at radius 1 is 1.30 bits per heavy atom. The van der Waals surface area contributed by atoms with E-state index in [1.54, 1.807) is 25.1 Å². The van der Waals surface area contributed by atoms with E-state index < -0.39 is 11.7 Å². The molecule has 2 aliphatic rings. The van der Waals surface area contributed by atoms with Crippen LogP contribution in [-0.4, -0.2) is 48.9 Å². The summed E-state index contributed by atoms with van der Waals surface area (Å²) in [7, 11) is 0. The van der Waals surface area contributed by atoms with Crippen molar-refractivity contribution in [3.05, 3.63) is 29.8 Å². The van der Waals surface area contributed by atoms with Gasteiger partial charge in [-0.25, -0.2) is 0 Å². The van der Waals surface area contributed by atoms with Crippen molar-refractivity contribution in [3.63, 3.8) is 0 Å². The molecule has 1 fully saturated rings. The van der Waals surface area contributed by atoms with E-state index in [1.807, 2.05) is 11.0 Å². The number of esters is 1. The molecule has 6 heteroatoms. The Hall–Kier alpha value is -2.21. The maximum absolute atomic E-state index is 12.2. The number of Topliss-reactive ketones (excluding diaryl/α,β-unsaturated/α-hetero) is 1. The van der Waals surface area contributed by atoms with Gasteiger partial charge in [-0.1, -0.05) is 12.1 Å². The number of piperidine rings is 1. The summed E-state index contributed by atoms with van der Waals surface area (Å²) in [5.74, 6) is -1.29. The lowest BCUT2D eigenvalue weighted by molar-refractivity contribution is -0.149. The van der Waals surface area contributed by atoms with Crippen molar-refractivity contribution >= 4 is 23.3 Å². The molecule has 0 aliphatic carbocycles. The summed E-state index contributed by atoms with van der Waals surface area (Å²) >= 11 is 0. The van der Waals surface area contributed by atoms with Gasteiger partial charge in [-0.2, -0.15) is 0 Å². The number of ether oxygens (including phenoxy) is 1. The zero-order valence-electron chi connectivity index (χ0n) is 13.2. The number of likely N-dealkylation sites (tertiary alicyclic amines) is 1. The van der Waals surface area contributed by atoms with Gasteiger partial charge in [0.1, 0.15) is 0 Å². The number of anilines is 1. The van der Waals surface area contributed by atoms with Crippen molar-refractivity contribution in [2.24, 2.45) is 5.92 Å². The van der Waals surface area contributed by atoms with Crippen molar-refractivity contribution in [2.75, 3.05) is 31.3 Å². The highest BCUT2D eigenvalue weighted by atomic mass is 16.5. The van der Waals surface area contributed by atoms with E-state index in [1.165, 1.54) is 4.90 Å². The maximum atomic E-state index is 12.2. The number of hydrogen-bond donors (Lipinski definition) is 0. The Balaban J connectivity index is 1.71. The molecule has 3 rings (SSSR count). The third kappa shape index (κ3) is 2.99. The average molecular weight is 316 g/mol. The van der Waals surface area contributed by atoms with Crippen LogP contribution in [0.15, 0.2) is 24.3 Å². The molecule has 0 radical (unpaired) electrons. The largest absolute Gasteiger partial charge is 0.466 e. The van der Waals surface area contributed by atoms with E-state index in [2.05, 4.69) is 0 Å². The highest BCUT2D eigenvalue weighted by Crippen LogP contribution is 2.29. The van der Waals surface area contributed by atoms with Crippen LogP contribution >= 0.6 is 0 Å². The number of ketones is 1. The number of carbonyl (C=O) groups is 3. The molecule has 0 unspecified atom stereocenters. The van der Waals surface area contributed by atoms with E-state index in [0.717, 1.165) is 19.4 Å². The molecule has 0 bridgehead atoms. The molecule has 1 atom stereocenters. The Morgan fingerprint density at radius 2 is 2.09 bits per heavy atom. The second kappa shape index (κ2) is 6.50. The maximum Gasteiger partial charge on any atom is 0.310 e. The SMILES string of the molecule is CCOC(=O)[C@@H]1CCCN(CN2C(=O)C(=O)c3ccccc32)C1. The summed E-state index contributed by atoms with van der Waals surface area (Å²) in [6, 6.07) is 7.03. The van der Waals surface area contributed by atoms with Gasteiger partial charge in [-0.05, 0) is 38.4 Å². The van der Waals surface area contributed by atoms with Crippen LogP contribution in [0.25, 0.3) is 0 Å². The smallest absolute Gasteiger partial charge is 0.310 e. The Labute approximate surface area is 135 Å².